The highest BCUT2D eigenvalue weighted by atomic mass is 32.2. The van der Waals surface area contributed by atoms with E-state index < -0.39 is 21.8 Å². The molecule has 1 unspecified atom stereocenters. The number of hydrogen-bond acceptors (Lipinski definition) is 4. The third kappa shape index (κ3) is 2.82. The van der Waals surface area contributed by atoms with Crippen LogP contribution in [0.1, 0.15) is 25.7 Å². The van der Waals surface area contributed by atoms with Crippen LogP contribution in [0.4, 0.5) is 0 Å². The number of carboxylic acids is 1. The van der Waals surface area contributed by atoms with Gasteiger partial charge in [0, 0.05) is 13.0 Å². The van der Waals surface area contributed by atoms with E-state index in [2.05, 4.69) is 0 Å². The van der Waals surface area contributed by atoms with Gasteiger partial charge in [0.05, 0.1) is 11.5 Å². The molecule has 7 heteroatoms. The summed E-state index contributed by atoms with van der Waals surface area (Å²) in [4.78, 5) is 24.3. The van der Waals surface area contributed by atoms with Crippen LogP contribution >= 0.6 is 0 Å². The number of aliphatic carboxylic acids is 1. The van der Waals surface area contributed by atoms with Gasteiger partial charge in [0.1, 0.15) is 6.04 Å². The molecule has 1 amide bonds. The van der Waals surface area contributed by atoms with Gasteiger partial charge in [-0.3, -0.25) is 4.79 Å². The third-order valence-electron chi connectivity index (χ3n) is 3.65. The Hall–Kier alpha value is -1.11. The molecule has 6 nitrogen and oxygen atoms in total. The molecule has 18 heavy (non-hydrogen) atoms. The minimum Gasteiger partial charge on any atom is -0.480 e. The summed E-state index contributed by atoms with van der Waals surface area (Å²) in [6.07, 6.45) is 1.86. The van der Waals surface area contributed by atoms with Crippen molar-refractivity contribution >= 4 is 21.7 Å². The summed E-state index contributed by atoms with van der Waals surface area (Å²) < 4.78 is 22.6. The van der Waals surface area contributed by atoms with Crippen LogP contribution < -0.4 is 0 Å². The van der Waals surface area contributed by atoms with E-state index in [1.54, 1.807) is 0 Å². The lowest BCUT2D eigenvalue weighted by molar-refractivity contribution is -0.148. The first-order valence-electron chi connectivity index (χ1n) is 6.12. The van der Waals surface area contributed by atoms with Crippen LogP contribution in [0.5, 0.6) is 0 Å². The first-order chi connectivity index (χ1) is 8.39. The molecular weight excluding hydrogens is 258 g/mol. The zero-order valence-corrected chi connectivity index (χ0v) is 10.9. The van der Waals surface area contributed by atoms with Crippen LogP contribution in [0.25, 0.3) is 0 Å². The average Bonchev–Trinajstić information content (AvgIpc) is 2.84. The van der Waals surface area contributed by atoms with Gasteiger partial charge in [-0.05, 0) is 25.2 Å². The molecule has 2 heterocycles. The molecule has 0 saturated carbocycles. The monoisotopic (exact) mass is 275 g/mol. The van der Waals surface area contributed by atoms with Gasteiger partial charge < -0.3 is 10.0 Å². The van der Waals surface area contributed by atoms with E-state index in [1.807, 2.05) is 0 Å². The number of carbonyl (C=O) groups excluding carboxylic acids is 1. The Balaban J connectivity index is 1.94. The molecule has 0 bridgehead atoms. The van der Waals surface area contributed by atoms with Gasteiger partial charge in [-0.25, -0.2) is 13.2 Å². The van der Waals surface area contributed by atoms with Crippen molar-refractivity contribution in [3.63, 3.8) is 0 Å². The first kappa shape index (κ1) is 13.3. The summed E-state index contributed by atoms with van der Waals surface area (Å²) in [5.41, 5.74) is 0. The minimum absolute atomic E-state index is 0.0598. The highest BCUT2D eigenvalue weighted by Gasteiger charge is 2.36. The van der Waals surface area contributed by atoms with E-state index >= 15 is 0 Å². The zero-order chi connectivity index (χ0) is 13.3. The van der Waals surface area contributed by atoms with Crippen LogP contribution in [0, 0.1) is 5.92 Å². The highest BCUT2D eigenvalue weighted by molar-refractivity contribution is 7.91. The molecule has 1 N–H and O–H groups in total. The number of rotatable bonds is 3. The normalized spacial score (nSPS) is 30.6. The molecule has 0 aliphatic carbocycles. The fraction of sp³-hybridized carbons (Fsp3) is 0.818. The Morgan fingerprint density at radius 1 is 1.28 bits per heavy atom. The maximum absolute atomic E-state index is 12.0. The van der Waals surface area contributed by atoms with Crippen molar-refractivity contribution in [1.82, 2.24) is 4.90 Å². The summed E-state index contributed by atoms with van der Waals surface area (Å²) in [5, 5.41) is 8.99. The lowest BCUT2D eigenvalue weighted by atomic mass is 10.0. The van der Waals surface area contributed by atoms with E-state index in [-0.39, 0.29) is 29.8 Å². The topological polar surface area (TPSA) is 91.8 Å². The van der Waals surface area contributed by atoms with Crippen molar-refractivity contribution in [2.75, 3.05) is 18.1 Å². The largest absolute Gasteiger partial charge is 0.480 e. The first-order valence-corrected chi connectivity index (χ1v) is 7.94. The van der Waals surface area contributed by atoms with Crippen molar-refractivity contribution in [1.29, 1.82) is 0 Å². The molecule has 0 aromatic rings. The Morgan fingerprint density at radius 2 is 2.00 bits per heavy atom. The molecule has 2 atom stereocenters. The van der Waals surface area contributed by atoms with Gasteiger partial charge in [0.15, 0.2) is 9.84 Å². The Morgan fingerprint density at radius 3 is 2.56 bits per heavy atom. The van der Waals surface area contributed by atoms with E-state index in [9.17, 15) is 18.0 Å². The van der Waals surface area contributed by atoms with Crippen LogP contribution in [0.2, 0.25) is 0 Å². The molecule has 0 spiro atoms. The van der Waals surface area contributed by atoms with Gasteiger partial charge in [0.25, 0.3) is 0 Å². The second-order valence-electron chi connectivity index (χ2n) is 5.06. The fourth-order valence-corrected chi connectivity index (χ4v) is 4.58. The van der Waals surface area contributed by atoms with E-state index in [0.29, 0.717) is 25.8 Å². The summed E-state index contributed by atoms with van der Waals surface area (Å²) in [5.74, 6) is -1.13. The second kappa shape index (κ2) is 4.87. The second-order valence-corrected chi connectivity index (χ2v) is 7.29. The standard InChI is InChI=1S/C11H17NO5S/c13-10(6-8-3-5-18(16,17)7-8)12-4-1-2-9(12)11(14)15/h8-9H,1-7H2,(H,14,15)/t8?,9-/m0/s1. The van der Waals surface area contributed by atoms with Crippen molar-refractivity contribution in [3.8, 4) is 0 Å². The average molecular weight is 275 g/mol. The van der Waals surface area contributed by atoms with Gasteiger partial charge in [0.2, 0.25) is 5.91 Å². The highest BCUT2D eigenvalue weighted by Crippen LogP contribution is 2.25. The molecule has 0 aromatic carbocycles. The third-order valence-corrected chi connectivity index (χ3v) is 5.49. The smallest absolute Gasteiger partial charge is 0.326 e. The van der Waals surface area contributed by atoms with Gasteiger partial charge in [-0.15, -0.1) is 0 Å². The number of hydrogen-bond donors (Lipinski definition) is 1. The summed E-state index contributed by atoms with van der Waals surface area (Å²) >= 11 is 0. The Kier molecular flexibility index (Phi) is 3.61. The number of likely N-dealkylation sites (tertiary alicyclic amines) is 1. The molecule has 2 saturated heterocycles. The molecule has 2 fully saturated rings. The van der Waals surface area contributed by atoms with E-state index in [4.69, 9.17) is 5.11 Å². The maximum Gasteiger partial charge on any atom is 0.326 e. The SMILES string of the molecule is O=C(O)[C@@H]1CCCN1C(=O)CC1CCS(=O)(=O)C1. The van der Waals surface area contributed by atoms with Crippen molar-refractivity contribution in [3.05, 3.63) is 0 Å². The zero-order valence-electron chi connectivity index (χ0n) is 10.0. The number of sulfone groups is 1. The molecule has 2 aliphatic heterocycles. The summed E-state index contributed by atoms with van der Waals surface area (Å²) in [6, 6.07) is -0.726. The lowest BCUT2D eigenvalue weighted by Crippen LogP contribution is -2.41. The fourth-order valence-electron chi connectivity index (χ4n) is 2.72. The molecule has 0 aromatic heterocycles. The Bertz CT molecular complexity index is 458. The summed E-state index contributed by atoms with van der Waals surface area (Å²) in [7, 11) is -2.98. The van der Waals surface area contributed by atoms with E-state index in [1.165, 1.54) is 4.90 Å². The van der Waals surface area contributed by atoms with Crippen LogP contribution in [0.15, 0.2) is 0 Å². The lowest BCUT2D eigenvalue weighted by Gasteiger charge is -2.22. The predicted octanol–water partition coefficient (Wildman–Crippen LogP) is -0.113. The maximum atomic E-state index is 12.0. The van der Waals surface area contributed by atoms with Crippen molar-refractivity contribution in [2.24, 2.45) is 5.92 Å². The van der Waals surface area contributed by atoms with Crippen molar-refractivity contribution < 1.29 is 23.1 Å². The quantitative estimate of drug-likeness (QED) is 0.775. The molecule has 102 valence electrons. The molecular formula is C11H17NO5S. The van der Waals surface area contributed by atoms with Crippen LogP contribution in [-0.2, 0) is 19.4 Å². The van der Waals surface area contributed by atoms with E-state index in [0.717, 1.165) is 0 Å². The Labute approximate surface area is 106 Å². The van der Waals surface area contributed by atoms with Gasteiger partial charge in [-0.1, -0.05) is 0 Å². The number of nitrogens with zero attached hydrogens (tertiary/aromatic N) is 1. The van der Waals surface area contributed by atoms with Crippen LogP contribution in [-0.4, -0.2) is 54.4 Å². The molecule has 2 rings (SSSR count). The predicted molar refractivity (Wildman–Crippen MR) is 63.7 cm³/mol. The molecule has 0 radical (unpaired) electrons. The minimum atomic E-state index is -2.98. The molecule has 2 aliphatic rings. The van der Waals surface area contributed by atoms with Crippen molar-refractivity contribution in [2.45, 2.75) is 31.7 Å². The van der Waals surface area contributed by atoms with Crippen LogP contribution in [0.3, 0.4) is 0 Å². The number of amides is 1. The number of carbonyl (C=O) groups is 2. The summed E-state index contributed by atoms with van der Waals surface area (Å²) in [6.45, 7) is 0.468. The number of carboxylic acid groups (broad SMARTS) is 1. The van der Waals surface area contributed by atoms with Gasteiger partial charge >= 0.3 is 5.97 Å². The van der Waals surface area contributed by atoms with Gasteiger partial charge in [-0.2, -0.15) is 0 Å².